The molecule has 0 aromatic heterocycles. The second-order valence-corrected chi connectivity index (χ2v) is 3.53. The number of nitrogens with one attached hydrogen (secondary N) is 1. The summed E-state index contributed by atoms with van der Waals surface area (Å²) in [5.74, 6) is 1.20. The van der Waals surface area contributed by atoms with Gasteiger partial charge in [-0.25, -0.2) is 0 Å². The molecule has 0 fully saturated rings. The Balaban J connectivity index is 2.59. The maximum atomic E-state index is 9.75. The van der Waals surface area contributed by atoms with Gasteiger partial charge in [-0.1, -0.05) is 0 Å². The number of rotatable bonds is 2. The molecule has 0 saturated heterocycles. The van der Waals surface area contributed by atoms with Crippen LogP contribution in [-0.4, -0.2) is 25.9 Å². The SMILES string of the molecule is COc1c(O)cc2c(c1OC)CNCC2. The topological polar surface area (TPSA) is 50.7 Å². The van der Waals surface area contributed by atoms with E-state index in [1.807, 2.05) is 0 Å². The minimum Gasteiger partial charge on any atom is -0.504 e. The van der Waals surface area contributed by atoms with Crippen LogP contribution in [0.15, 0.2) is 6.07 Å². The molecule has 1 aromatic rings. The highest BCUT2D eigenvalue weighted by atomic mass is 16.5. The van der Waals surface area contributed by atoms with Gasteiger partial charge in [-0.05, 0) is 24.6 Å². The molecular formula is C11H15NO3. The summed E-state index contributed by atoms with van der Waals surface area (Å²) in [5, 5.41) is 13.0. The van der Waals surface area contributed by atoms with Gasteiger partial charge in [0.05, 0.1) is 14.2 Å². The minimum absolute atomic E-state index is 0.148. The van der Waals surface area contributed by atoms with Crippen LogP contribution in [-0.2, 0) is 13.0 Å². The first-order chi connectivity index (χ1) is 7.27. The van der Waals surface area contributed by atoms with E-state index in [0.717, 1.165) is 30.6 Å². The molecule has 0 spiro atoms. The van der Waals surface area contributed by atoms with Gasteiger partial charge in [0.25, 0.3) is 0 Å². The van der Waals surface area contributed by atoms with E-state index in [1.54, 1.807) is 13.2 Å². The first kappa shape index (κ1) is 10.1. The molecular weight excluding hydrogens is 194 g/mol. The number of methoxy groups -OCH3 is 2. The van der Waals surface area contributed by atoms with Crippen LogP contribution < -0.4 is 14.8 Å². The molecule has 0 amide bonds. The molecule has 2 rings (SSSR count). The van der Waals surface area contributed by atoms with Crippen LogP contribution in [0.5, 0.6) is 17.2 Å². The molecule has 2 N–H and O–H groups in total. The van der Waals surface area contributed by atoms with Crippen molar-refractivity contribution in [3.63, 3.8) is 0 Å². The second kappa shape index (κ2) is 3.98. The van der Waals surface area contributed by atoms with E-state index in [0.29, 0.717) is 11.5 Å². The van der Waals surface area contributed by atoms with Gasteiger partial charge in [0, 0.05) is 12.1 Å². The average Bonchev–Trinajstić information content (AvgIpc) is 2.27. The third kappa shape index (κ3) is 1.61. The molecule has 1 heterocycles. The summed E-state index contributed by atoms with van der Waals surface area (Å²) in [7, 11) is 3.12. The highest BCUT2D eigenvalue weighted by Crippen LogP contribution is 2.42. The van der Waals surface area contributed by atoms with Crippen LogP contribution in [0.25, 0.3) is 0 Å². The predicted molar refractivity (Wildman–Crippen MR) is 56.6 cm³/mol. The summed E-state index contributed by atoms with van der Waals surface area (Å²) < 4.78 is 10.4. The third-order valence-electron chi connectivity index (χ3n) is 2.69. The van der Waals surface area contributed by atoms with Crippen LogP contribution in [0.3, 0.4) is 0 Å². The fourth-order valence-electron chi connectivity index (χ4n) is 1.98. The zero-order chi connectivity index (χ0) is 10.8. The molecule has 1 aromatic carbocycles. The van der Waals surface area contributed by atoms with Crippen LogP contribution in [0.1, 0.15) is 11.1 Å². The Hall–Kier alpha value is -1.42. The van der Waals surface area contributed by atoms with Crippen LogP contribution in [0.2, 0.25) is 0 Å². The van der Waals surface area contributed by atoms with Crippen molar-refractivity contribution in [3.05, 3.63) is 17.2 Å². The van der Waals surface area contributed by atoms with Crippen molar-refractivity contribution in [1.29, 1.82) is 0 Å². The number of hydrogen-bond acceptors (Lipinski definition) is 4. The Morgan fingerprint density at radius 1 is 1.27 bits per heavy atom. The summed E-state index contributed by atoms with van der Waals surface area (Å²) in [6.45, 7) is 1.69. The lowest BCUT2D eigenvalue weighted by atomic mass is 9.99. The van der Waals surface area contributed by atoms with Gasteiger partial charge in [0.2, 0.25) is 5.75 Å². The van der Waals surface area contributed by atoms with Crippen molar-refractivity contribution >= 4 is 0 Å². The monoisotopic (exact) mass is 209 g/mol. The van der Waals surface area contributed by atoms with Gasteiger partial charge >= 0.3 is 0 Å². The van der Waals surface area contributed by atoms with Crippen LogP contribution in [0.4, 0.5) is 0 Å². The fourth-order valence-corrected chi connectivity index (χ4v) is 1.98. The molecule has 0 aliphatic carbocycles. The molecule has 1 aliphatic rings. The first-order valence-corrected chi connectivity index (χ1v) is 4.94. The Bertz CT molecular complexity index is 377. The summed E-state index contributed by atoms with van der Waals surface area (Å²) in [6, 6.07) is 1.76. The first-order valence-electron chi connectivity index (χ1n) is 4.94. The highest BCUT2D eigenvalue weighted by Gasteiger charge is 2.21. The van der Waals surface area contributed by atoms with E-state index in [4.69, 9.17) is 9.47 Å². The fraction of sp³-hybridized carbons (Fsp3) is 0.455. The number of benzene rings is 1. The smallest absolute Gasteiger partial charge is 0.203 e. The van der Waals surface area contributed by atoms with Crippen molar-refractivity contribution in [2.24, 2.45) is 0 Å². The highest BCUT2D eigenvalue weighted by molar-refractivity contribution is 5.59. The summed E-state index contributed by atoms with van der Waals surface area (Å²) in [4.78, 5) is 0. The summed E-state index contributed by atoms with van der Waals surface area (Å²) in [5.41, 5.74) is 2.21. The molecule has 1 aliphatic heterocycles. The van der Waals surface area contributed by atoms with E-state index < -0.39 is 0 Å². The normalized spacial score (nSPS) is 14.5. The molecule has 4 heteroatoms. The second-order valence-electron chi connectivity index (χ2n) is 3.53. The maximum Gasteiger partial charge on any atom is 0.203 e. The molecule has 0 saturated carbocycles. The lowest BCUT2D eigenvalue weighted by molar-refractivity contribution is 0.328. The predicted octanol–water partition coefficient (Wildman–Crippen LogP) is 1.06. The van der Waals surface area contributed by atoms with Gasteiger partial charge in [-0.3, -0.25) is 0 Å². The number of hydrogen-bond donors (Lipinski definition) is 2. The number of phenolic OH excluding ortho intramolecular Hbond substituents is 1. The largest absolute Gasteiger partial charge is 0.504 e. The van der Waals surface area contributed by atoms with E-state index in [1.165, 1.54) is 7.11 Å². The standard InChI is InChI=1S/C11H15NO3/c1-14-10-8-6-12-4-3-7(8)5-9(13)11(10)15-2/h5,12-13H,3-4,6H2,1-2H3. The van der Waals surface area contributed by atoms with Gasteiger partial charge in [0.15, 0.2) is 11.5 Å². The zero-order valence-electron chi connectivity index (χ0n) is 8.96. The van der Waals surface area contributed by atoms with E-state index in [-0.39, 0.29) is 5.75 Å². The number of aromatic hydroxyl groups is 1. The quantitative estimate of drug-likeness (QED) is 0.764. The lowest BCUT2D eigenvalue weighted by Gasteiger charge is -2.22. The van der Waals surface area contributed by atoms with Crippen molar-refractivity contribution in [1.82, 2.24) is 5.32 Å². The Morgan fingerprint density at radius 2 is 2.00 bits per heavy atom. The van der Waals surface area contributed by atoms with Crippen molar-refractivity contribution < 1.29 is 14.6 Å². The molecule has 0 atom stereocenters. The summed E-state index contributed by atoms with van der Waals surface area (Å²) in [6.07, 6.45) is 0.906. The molecule has 0 radical (unpaired) electrons. The van der Waals surface area contributed by atoms with Crippen molar-refractivity contribution in [3.8, 4) is 17.2 Å². The van der Waals surface area contributed by atoms with Gasteiger partial charge in [0.1, 0.15) is 0 Å². The van der Waals surface area contributed by atoms with Crippen molar-refractivity contribution in [2.75, 3.05) is 20.8 Å². The van der Waals surface area contributed by atoms with Gasteiger partial charge in [-0.2, -0.15) is 0 Å². The van der Waals surface area contributed by atoms with Crippen molar-refractivity contribution in [2.45, 2.75) is 13.0 Å². The Kier molecular flexibility index (Phi) is 2.68. The van der Waals surface area contributed by atoms with Crippen LogP contribution >= 0.6 is 0 Å². The number of ether oxygens (including phenoxy) is 2. The molecule has 0 bridgehead atoms. The van der Waals surface area contributed by atoms with Gasteiger partial charge in [-0.15, -0.1) is 0 Å². The molecule has 0 unspecified atom stereocenters. The van der Waals surface area contributed by atoms with E-state index >= 15 is 0 Å². The van der Waals surface area contributed by atoms with Crippen LogP contribution in [0, 0.1) is 0 Å². The van der Waals surface area contributed by atoms with E-state index in [2.05, 4.69) is 5.32 Å². The molecule has 15 heavy (non-hydrogen) atoms. The number of fused-ring (bicyclic) bond motifs is 1. The molecule has 82 valence electrons. The zero-order valence-corrected chi connectivity index (χ0v) is 8.96. The summed E-state index contributed by atoms with van der Waals surface area (Å²) >= 11 is 0. The van der Waals surface area contributed by atoms with E-state index in [9.17, 15) is 5.11 Å². The maximum absolute atomic E-state index is 9.75. The molecule has 4 nitrogen and oxygen atoms in total. The number of phenols is 1. The lowest BCUT2D eigenvalue weighted by Crippen LogP contribution is -2.24. The average molecular weight is 209 g/mol. The Labute approximate surface area is 88.8 Å². The minimum atomic E-state index is 0.148. The third-order valence-corrected chi connectivity index (χ3v) is 2.69. The Morgan fingerprint density at radius 3 is 2.67 bits per heavy atom. The van der Waals surface area contributed by atoms with Gasteiger partial charge < -0.3 is 19.9 Å².